The second-order valence-electron chi connectivity index (χ2n) is 20.7. The van der Waals surface area contributed by atoms with Gasteiger partial charge < -0.3 is 47.1 Å². The van der Waals surface area contributed by atoms with Crippen LogP contribution in [-0.4, -0.2) is 102 Å². The van der Waals surface area contributed by atoms with E-state index in [1.54, 1.807) is 48.5 Å². The number of benzene rings is 6. The van der Waals surface area contributed by atoms with Crippen LogP contribution in [0.3, 0.4) is 0 Å². The monoisotopic (exact) mass is 1080 g/mol. The minimum absolute atomic E-state index is 0.0651. The van der Waals surface area contributed by atoms with Crippen LogP contribution in [-0.2, 0) is 65.1 Å². The molecule has 412 valence electrons. The fourth-order valence-electron chi connectivity index (χ4n) is 10.2. The molecule has 2 aliphatic rings. The largest absolute Gasteiger partial charge is 0.469 e. The first-order valence-electron chi connectivity index (χ1n) is 27.2. The van der Waals surface area contributed by atoms with Gasteiger partial charge in [0.25, 0.3) is 8.32 Å². The summed E-state index contributed by atoms with van der Waals surface area (Å²) >= 11 is 0. The highest BCUT2D eigenvalue weighted by Crippen LogP contribution is 2.39. The van der Waals surface area contributed by atoms with Crippen molar-refractivity contribution in [2.45, 2.75) is 133 Å². The number of hydrogen-bond acceptors (Lipinski definition) is 13. The number of esters is 3. The molecule has 78 heavy (non-hydrogen) atoms. The van der Waals surface area contributed by atoms with E-state index in [0.717, 1.165) is 60.0 Å². The molecule has 0 aromatic heterocycles. The van der Waals surface area contributed by atoms with E-state index in [0.29, 0.717) is 24.2 Å². The van der Waals surface area contributed by atoms with Crippen molar-refractivity contribution in [1.29, 1.82) is 0 Å². The van der Waals surface area contributed by atoms with Crippen molar-refractivity contribution in [3.05, 3.63) is 204 Å². The van der Waals surface area contributed by atoms with Crippen molar-refractivity contribution in [3.63, 3.8) is 0 Å². The molecule has 2 aliphatic heterocycles. The van der Waals surface area contributed by atoms with Gasteiger partial charge in [-0.15, -0.1) is 0 Å². The average Bonchev–Trinajstić information content (AvgIpc) is 4.10. The normalized spacial score (nSPS) is 21.2. The standard InChI is InChI=1S/C64H74O13Si/c1-64(2,3)78(51-37-23-13-24-38-51,52-39-25-14-26-40-52)73-46-54-57(71-44-48-31-17-10-18-32-48)59(77-61(67)50-35-21-12-22-36-50)63(75-54)72-45-53-56(70-43-47-29-15-9-16-30-47)58(76-60(66)49-33-19-11-20-34-49)62(74-53)69-42-28-8-6-5-7-27-41-55(65)68-4/h9-26,29-40,53-54,56-59,62-63H,5-8,27-28,41-46H2,1-4H3/t53-,54-,56-,57-,58+,59+,62+,63+/m1/s1. The zero-order valence-corrected chi connectivity index (χ0v) is 46.2. The van der Waals surface area contributed by atoms with Gasteiger partial charge in [0.05, 0.1) is 44.7 Å². The number of carbonyl (C=O) groups excluding carboxylic acids is 3. The van der Waals surface area contributed by atoms with E-state index in [1.807, 2.05) is 109 Å². The third-order valence-corrected chi connectivity index (χ3v) is 19.2. The van der Waals surface area contributed by atoms with E-state index >= 15 is 0 Å². The van der Waals surface area contributed by atoms with Crippen molar-refractivity contribution in [3.8, 4) is 0 Å². The molecule has 0 unspecified atom stereocenters. The summed E-state index contributed by atoms with van der Waals surface area (Å²) < 4.78 is 65.7. The average molecular weight is 1080 g/mol. The van der Waals surface area contributed by atoms with E-state index in [2.05, 4.69) is 45.0 Å². The van der Waals surface area contributed by atoms with Crippen LogP contribution in [0.5, 0.6) is 0 Å². The zero-order valence-electron chi connectivity index (χ0n) is 45.2. The van der Waals surface area contributed by atoms with Gasteiger partial charge in [0, 0.05) is 13.0 Å². The first-order valence-corrected chi connectivity index (χ1v) is 29.1. The lowest BCUT2D eigenvalue weighted by atomic mass is 10.1. The summed E-state index contributed by atoms with van der Waals surface area (Å²) in [6.45, 7) is 7.23. The zero-order chi connectivity index (χ0) is 54.6. The molecule has 0 radical (unpaired) electrons. The molecule has 2 saturated heterocycles. The van der Waals surface area contributed by atoms with Crippen molar-refractivity contribution >= 4 is 36.6 Å². The SMILES string of the molecule is COC(=O)CCCCCCCCO[C@H]1O[C@H](CO[C@H]2O[C@H](CO[Si](c3ccccc3)(c3ccccc3)C(C)(C)C)[C@@H](OCc3ccccc3)[C@@H]2OC(=O)c2ccccc2)[C@@H](OCc2ccccc2)[C@@H]1OC(=O)c1ccccc1. The van der Waals surface area contributed by atoms with E-state index in [4.69, 9.17) is 47.1 Å². The molecular weight excluding hydrogens is 1000 g/mol. The van der Waals surface area contributed by atoms with Gasteiger partial charge >= 0.3 is 17.9 Å². The third-order valence-electron chi connectivity index (χ3n) is 14.2. The number of carbonyl (C=O) groups is 3. The second-order valence-corrected chi connectivity index (χ2v) is 25.0. The van der Waals surface area contributed by atoms with Gasteiger partial charge in [0.15, 0.2) is 24.8 Å². The summed E-state index contributed by atoms with van der Waals surface area (Å²) in [4.78, 5) is 39.8. The highest BCUT2D eigenvalue weighted by Gasteiger charge is 2.55. The smallest absolute Gasteiger partial charge is 0.338 e. The van der Waals surface area contributed by atoms with Crippen LogP contribution < -0.4 is 10.4 Å². The topological polar surface area (TPSA) is 144 Å². The number of unbranched alkanes of at least 4 members (excludes halogenated alkanes) is 5. The fraction of sp³-hybridized carbons (Fsp3) is 0.391. The Labute approximate surface area is 460 Å². The van der Waals surface area contributed by atoms with E-state index in [-0.39, 0.29) is 37.4 Å². The summed E-state index contributed by atoms with van der Waals surface area (Å²) in [6, 6.07) is 57.8. The third kappa shape index (κ3) is 15.5. The van der Waals surface area contributed by atoms with Gasteiger partial charge in [-0.2, -0.15) is 0 Å². The summed E-state index contributed by atoms with van der Waals surface area (Å²) in [5.74, 6) is -1.34. The Hall–Kier alpha value is -6.33. The van der Waals surface area contributed by atoms with Gasteiger partial charge in [-0.3, -0.25) is 4.79 Å². The maximum Gasteiger partial charge on any atom is 0.338 e. The molecule has 2 fully saturated rings. The minimum atomic E-state index is -3.12. The van der Waals surface area contributed by atoms with Crippen LogP contribution in [0.25, 0.3) is 0 Å². The van der Waals surface area contributed by atoms with E-state index in [1.165, 1.54) is 7.11 Å². The Morgan fingerprint density at radius 1 is 0.462 bits per heavy atom. The van der Waals surface area contributed by atoms with Gasteiger partial charge in [-0.25, -0.2) is 9.59 Å². The van der Waals surface area contributed by atoms with Crippen molar-refractivity contribution in [2.75, 3.05) is 26.9 Å². The second kappa shape index (κ2) is 29.0. The first kappa shape index (κ1) is 57.8. The predicted octanol–water partition coefficient (Wildman–Crippen LogP) is 10.6. The molecule has 8 atom stereocenters. The molecule has 0 amide bonds. The van der Waals surface area contributed by atoms with Crippen LogP contribution in [0.4, 0.5) is 0 Å². The number of rotatable bonds is 28. The van der Waals surface area contributed by atoms with E-state index < -0.39 is 69.5 Å². The Bertz CT molecular complexity index is 2670. The summed E-state index contributed by atoms with van der Waals surface area (Å²) in [6.07, 6.45) is -2.12. The lowest BCUT2D eigenvalue weighted by molar-refractivity contribution is -0.207. The summed E-state index contributed by atoms with van der Waals surface area (Å²) in [5, 5.41) is 1.83. The lowest BCUT2D eigenvalue weighted by Gasteiger charge is -2.43. The maximum atomic E-state index is 14.2. The van der Waals surface area contributed by atoms with Gasteiger partial charge in [-0.1, -0.05) is 204 Å². The van der Waals surface area contributed by atoms with Crippen LogP contribution in [0.1, 0.15) is 97.6 Å². The molecular formula is C64H74O13Si. The quantitative estimate of drug-likeness (QED) is 0.0199. The fourth-order valence-corrected chi connectivity index (χ4v) is 14.7. The van der Waals surface area contributed by atoms with Crippen molar-refractivity contribution < 1.29 is 61.4 Å². The molecule has 6 aromatic carbocycles. The highest BCUT2D eigenvalue weighted by atomic mass is 28.4. The van der Waals surface area contributed by atoms with Crippen LogP contribution in [0.15, 0.2) is 182 Å². The van der Waals surface area contributed by atoms with Gasteiger partial charge in [0.2, 0.25) is 0 Å². The van der Waals surface area contributed by atoms with Crippen LogP contribution in [0, 0.1) is 0 Å². The molecule has 13 nitrogen and oxygen atoms in total. The molecule has 0 bridgehead atoms. The van der Waals surface area contributed by atoms with Crippen molar-refractivity contribution in [2.24, 2.45) is 0 Å². The highest BCUT2D eigenvalue weighted by molar-refractivity contribution is 6.99. The summed E-state index contributed by atoms with van der Waals surface area (Å²) in [7, 11) is -1.72. The lowest BCUT2D eigenvalue weighted by Crippen LogP contribution is -2.67. The first-order chi connectivity index (χ1) is 38.0. The molecule has 6 aromatic rings. The predicted molar refractivity (Wildman–Crippen MR) is 298 cm³/mol. The Balaban J connectivity index is 1.09. The number of hydrogen-bond donors (Lipinski definition) is 0. The molecule has 8 rings (SSSR count). The summed E-state index contributed by atoms with van der Waals surface area (Å²) in [5.41, 5.74) is 2.52. The van der Waals surface area contributed by atoms with E-state index in [9.17, 15) is 14.4 Å². The van der Waals surface area contributed by atoms with Crippen LogP contribution in [0.2, 0.25) is 5.04 Å². The minimum Gasteiger partial charge on any atom is -0.469 e. The molecule has 0 saturated carbocycles. The Kier molecular flexibility index (Phi) is 21.5. The van der Waals surface area contributed by atoms with Crippen LogP contribution >= 0.6 is 0 Å². The van der Waals surface area contributed by atoms with Gasteiger partial charge in [-0.05, 0) is 63.6 Å². The molecule has 0 spiro atoms. The molecule has 0 aliphatic carbocycles. The Morgan fingerprint density at radius 3 is 1.31 bits per heavy atom. The number of methoxy groups -OCH3 is 1. The molecule has 0 N–H and O–H groups in total. The number of ether oxygens (including phenoxy) is 9. The molecule has 2 heterocycles. The van der Waals surface area contributed by atoms with Gasteiger partial charge in [0.1, 0.15) is 24.4 Å². The van der Waals surface area contributed by atoms with Crippen molar-refractivity contribution in [1.82, 2.24) is 0 Å². The maximum absolute atomic E-state index is 14.2. The Morgan fingerprint density at radius 2 is 0.859 bits per heavy atom. The molecule has 14 heteroatoms.